The Balaban J connectivity index is 1.70. The van der Waals surface area contributed by atoms with Gasteiger partial charge < -0.3 is 43.3 Å². The third-order valence-corrected chi connectivity index (χ3v) is 15.6. The third-order valence-electron chi connectivity index (χ3n) is 14.8. The maximum absolute atomic E-state index is 14.5. The van der Waals surface area contributed by atoms with E-state index >= 15 is 0 Å². The SMILES string of the molecule is CO[C@H]1C[C@@H]2CC[C@@H](C)[C@@](O)(O2)C(=O)C(=O)N2CCCC[C@H]2C(=O)O[C@H]([C@H](C)CC2CCC(OP(C)(C)=O)[C@H](OC)C2)CC(=O)[C@H](C)/C=C(\C)[C@@H](O)[C@@H](OC)C(=O)[C@H](C)C[C@H](C)/C=C/C=C/C=C/1C. The van der Waals surface area contributed by atoms with E-state index in [4.69, 9.17) is 28.2 Å². The molecule has 2 bridgehead atoms. The number of hydrogen-bond acceptors (Lipinski definition) is 14. The second kappa shape index (κ2) is 26.5. The zero-order valence-electron chi connectivity index (χ0n) is 43.4. The van der Waals surface area contributed by atoms with E-state index in [9.17, 15) is 38.8 Å². The Morgan fingerprint density at radius 3 is 2.22 bits per heavy atom. The van der Waals surface area contributed by atoms with Crippen molar-refractivity contribution < 1.29 is 67.0 Å². The molecule has 4 rings (SSSR count). The minimum atomic E-state index is -2.79. The molecule has 0 aromatic carbocycles. The van der Waals surface area contributed by atoms with E-state index in [2.05, 4.69) is 0 Å². The van der Waals surface area contributed by atoms with Crippen LogP contribution in [-0.4, -0.2) is 140 Å². The van der Waals surface area contributed by atoms with Gasteiger partial charge in [-0.2, -0.15) is 0 Å². The molecule has 1 saturated carbocycles. The number of amides is 1. The van der Waals surface area contributed by atoms with Gasteiger partial charge in [-0.25, -0.2) is 4.79 Å². The molecule has 3 fully saturated rings. The van der Waals surface area contributed by atoms with Crippen LogP contribution in [-0.2, 0) is 56.7 Å². The maximum atomic E-state index is 14.5. The van der Waals surface area contributed by atoms with E-state index in [1.54, 1.807) is 54.4 Å². The predicted octanol–water partition coefficient (Wildman–Crippen LogP) is 7.74. The number of allylic oxidation sites excluding steroid dienone is 6. The summed E-state index contributed by atoms with van der Waals surface area (Å²) in [5, 5.41) is 23.5. The molecule has 3 heterocycles. The van der Waals surface area contributed by atoms with E-state index < -0.39 is 85.1 Å². The maximum Gasteiger partial charge on any atom is 0.329 e. The Bertz CT molecular complexity index is 1940. The van der Waals surface area contributed by atoms with Crippen molar-refractivity contribution in [1.29, 1.82) is 0 Å². The summed E-state index contributed by atoms with van der Waals surface area (Å²) < 4.78 is 48.2. The van der Waals surface area contributed by atoms with E-state index in [1.807, 2.05) is 58.1 Å². The summed E-state index contributed by atoms with van der Waals surface area (Å²) in [5.41, 5.74) is 1.25. The number of Topliss-reactive ketones (excluding diaryl/α,β-unsaturated/α-hetero) is 3. The summed E-state index contributed by atoms with van der Waals surface area (Å²) in [6, 6.07) is -1.16. The van der Waals surface area contributed by atoms with Crippen molar-refractivity contribution in [3.05, 3.63) is 47.6 Å². The molecule has 0 aromatic rings. The van der Waals surface area contributed by atoms with Crippen LogP contribution in [0.2, 0.25) is 0 Å². The smallest absolute Gasteiger partial charge is 0.329 e. The van der Waals surface area contributed by atoms with Gasteiger partial charge in [0.05, 0.1) is 24.4 Å². The number of hydrogen-bond donors (Lipinski definition) is 2. The van der Waals surface area contributed by atoms with Gasteiger partial charge in [0.1, 0.15) is 30.1 Å². The molecule has 0 spiro atoms. The number of piperidine rings is 1. The molecule has 16 heteroatoms. The van der Waals surface area contributed by atoms with Crippen LogP contribution in [0.15, 0.2) is 47.6 Å². The molecule has 2 unspecified atom stereocenters. The van der Waals surface area contributed by atoms with Crippen LogP contribution in [0.3, 0.4) is 0 Å². The van der Waals surface area contributed by atoms with Crippen molar-refractivity contribution in [2.75, 3.05) is 41.2 Å². The summed E-state index contributed by atoms with van der Waals surface area (Å²) in [7, 11) is 1.76. The molecule has 1 aliphatic carbocycles. The zero-order chi connectivity index (χ0) is 51.4. The molecule has 3 aliphatic heterocycles. The van der Waals surface area contributed by atoms with Crippen LogP contribution in [0.25, 0.3) is 0 Å². The van der Waals surface area contributed by atoms with Gasteiger partial charge in [0.15, 0.2) is 13.2 Å². The number of carbonyl (C=O) groups excluding carboxylic acids is 5. The van der Waals surface area contributed by atoms with Gasteiger partial charge in [-0.3, -0.25) is 23.7 Å². The third kappa shape index (κ3) is 16.2. The Kier molecular flexibility index (Phi) is 22.5. The van der Waals surface area contributed by atoms with E-state index in [-0.39, 0.29) is 60.9 Å². The largest absolute Gasteiger partial charge is 0.460 e. The Labute approximate surface area is 411 Å². The first-order valence-electron chi connectivity index (χ1n) is 25.2. The van der Waals surface area contributed by atoms with Crippen LogP contribution < -0.4 is 0 Å². The number of esters is 1. The molecule has 15 nitrogen and oxygen atoms in total. The number of methoxy groups -OCH3 is 3. The first-order chi connectivity index (χ1) is 32.4. The van der Waals surface area contributed by atoms with Crippen LogP contribution >= 0.6 is 7.37 Å². The predicted molar refractivity (Wildman–Crippen MR) is 263 cm³/mol. The lowest BCUT2D eigenvalue weighted by Crippen LogP contribution is -2.61. The molecule has 1 amide bonds. The lowest BCUT2D eigenvalue weighted by atomic mass is 9.78. The number of carbonyl (C=O) groups is 5. The average Bonchev–Trinajstić information content (AvgIpc) is 3.30. The van der Waals surface area contributed by atoms with Crippen molar-refractivity contribution >= 4 is 36.6 Å². The van der Waals surface area contributed by atoms with Crippen molar-refractivity contribution in [3.8, 4) is 0 Å². The molecule has 4 aliphatic rings. The first kappa shape index (κ1) is 58.4. The molecule has 2 N–H and O–H groups in total. The van der Waals surface area contributed by atoms with Crippen LogP contribution in [0.5, 0.6) is 0 Å². The normalized spacial score (nSPS) is 39.0. The fraction of sp³-hybridized carbons (Fsp3) is 0.755. The summed E-state index contributed by atoms with van der Waals surface area (Å²) in [6.45, 7) is 15.9. The van der Waals surface area contributed by atoms with Crippen molar-refractivity contribution in [3.63, 3.8) is 0 Å². The minimum absolute atomic E-state index is 0.0117. The Morgan fingerprint density at radius 1 is 0.855 bits per heavy atom. The minimum Gasteiger partial charge on any atom is -0.460 e. The van der Waals surface area contributed by atoms with E-state index in [1.165, 1.54) is 12.0 Å². The molecule has 15 atom stereocenters. The highest BCUT2D eigenvalue weighted by Crippen LogP contribution is 2.45. The molecular weight excluding hydrogens is 906 g/mol. The molecule has 0 aromatic heterocycles. The monoisotopic (exact) mass is 990 g/mol. The highest BCUT2D eigenvalue weighted by molar-refractivity contribution is 7.57. The van der Waals surface area contributed by atoms with E-state index in [0.29, 0.717) is 63.4 Å². The Morgan fingerprint density at radius 2 is 1.57 bits per heavy atom. The van der Waals surface area contributed by atoms with E-state index in [0.717, 1.165) is 12.0 Å². The topological polar surface area (TPSA) is 201 Å². The molecular formula is C53H84NO14P. The highest BCUT2D eigenvalue weighted by Gasteiger charge is 2.53. The van der Waals surface area contributed by atoms with Crippen LogP contribution in [0, 0.1) is 35.5 Å². The Hall–Kier alpha value is -3.14. The van der Waals surface area contributed by atoms with Crippen molar-refractivity contribution in [1.82, 2.24) is 4.90 Å². The number of rotatable bonds is 8. The van der Waals surface area contributed by atoms with Crippen molar-refractivity contribution in [2.45, 2.75) is 180 Å². The fourth-order valence-corrected chi connectivity index (χ4v) is 11.4. The molecule has 69 heavy (non-hydrogen) atoms. The zero-order valence-corrected chi connectivity index (χ0v) is 44.3. The number of fused-ring (bicyclic) bond motifs is 3. The summed E-state index contributed by atoms with van der Waals surface area (Å²) in [6.07, 6.45) is 11.4. The fourth-order valence-electron chi connectivity index (χ4n) is 10.5. The second-order valence-corrected chi connectivity index (χ2v) is 23.6. The highest BCUT2D eigenvalue weighted by atomic mass is 31.2. The van der Waals surface area contributed by atoms with Crippen LogP contribution in [0.1, 0.15) is 126 Å². The first-order valence-corrected chi connectivity index (χ1v) is 27.7. The number of aliphatic hydroxyl groups excluding tert-OH is 1. The number of aliphatic hydroxyl groups is 2. The summed E-state index contributed by atoms with van der Waals surface area (Å²) >= 11 is 0. The second-order valence-electron chi connectivity index (χ2n) is 20.9. The van der Waals surface area contributed by atoms with Gasteiger partial charge in [0, 0.05) is 71.8 Å². The van der Waals surface area contributed by atoms with Crippen molar-refractivity contribution in [2.24, 2.45) is 35.5 Å². The van der Waals surface area contributed by atoms with Gasteiger partial charge in [-0.1, -0.05) is 71.1 Å². The lowest BCUT2D eigenvalue weighted by Gasteiger charge is -2.42. The number of nitrogens with zero attached hydrogens (tertiary/aromatic N) is 1. The van der Waals surface area contributed by atoms with Gasteiger partial charge >= 0.3 is 5.97 Å². The number of ketones is 3. The number of cyclic esters (lactones) is 1. The molecule has 390 valence electrons. The average molecular weight is 990 g/mol. The lowest BCUT2D eigenvalue weighted by molar-refractivity contribution is -0.265. The summed E-state index contributed by atoms with van der Waals surface area (Å²) in [5.74, 6) is -8.11. The van der Waals surface area contributed by atoms with Crippen LogP contribution in [0.4, 0.5) is 0 Å². The van der Waals surface area contributed by atoms with Gasteiger partial charge in [-0.05, 0) is 107 Å². The molecule has 2 saturated heterocycles. The quantitative estimate of drug-likeness (QED) is 0.104. The van der Waals surface area contributed by atoms with Gasteiger partial charge in [0.25, 0.3) is 11.7 Å². The molecule has 0 radical (unpaired) electrons. The number of ether oxygens (including phenoxy) is 5. The van der Waals surface area contributed by atoms with Gasteiger partial charge in [0.2, 0.25) is 5.79 Å². The summed E-state index contributed by atoms with van der Waals surface area (Å²) in [4.78, 5) is 72.2. The van der Waals surface area contributed by atoms with Gasteiger partial charge in [-0.15, -0.1) is 0 Å². The standard InChI is InChI=1S/C53H84NO14P/c1-32-18-14-13-15-19-33(2)44(63-8)30-40-23-21-38(7)53(61,67-40)50(58)51(59)54-25-17-16-20-41(54)52(60)66-45(35(4)28-39-22-24-43(46(29-39)64-9)68-69(11,12)62)31-42(55)34(3)27-37(6)48(57)49(65-10)47(56)36(5)26-32/h13-15,18-19,27,32,34-36,38-41,43-46,48-49,57,61H,16-17,20-26,28-31H2,1-12H3/b15-13+,18-14+,33-19+,37-27+/t32-,34-,35-,36-,38-,39?,40+,41+,43?,44+,45+,46-,48-,49+,53-/m1/s1.